The van der Waals surface area contributed by atoms with Crippen LogP contribution < -0.4 is 10.1 Å². The standard InChI is InChI=1S/C28H36N4O3/c1-20(2)19-28(3)26(34)32(27(29)30-28)18-15-21-13-16-31(17-14-21)25(33)22-9-11-24(12-10-22)35-23-7-5-4-6-8-23/h4-12,20-21H,13-19H2,1-3H3,(H2,29,30). The molecule has 2 aromatic rings. The highest BCUT2D eigenvalue weighted by Crippen LogP contribution is 2.28. The van der Waals surface area contributed by atoms with Gasteiger partial charge in [0, 0.05) is 25.2 Å². The van der Waals surface area contributed by atoms with E-state index in [0.717, 1.165) is 25.0 Å². The van der Waals surface area contributed by atoms with Crippen LogP contribution in [0.2, 0.25) is 0 Å². The first kappa shape index (κ1) is 24.8. The summed E-state index contributed by atoms with van der Waals surface area (Å²) in [7, 11) is 0. The molecule has 2 N–H and O–H groups in total. The molecule has 0 saturated carbocycles. The molecule has 0 spiro atoms. The number of guanidine groups is 1. The van der Waals surface area contributed by atoms with Gasteiger partial charge in [0.2, 0.25) is 0 Å². The number of rotatable bonds is 8. The Hall–Kier alpha value is -3.35. The van der Waals surface area contributed by atoms with Gasteiger partial charge in [-0.05, 0) is 80.8 Å². The maximum Gasteiger partial charge on any atom is 0.254 e. The Balaban J connectivity index is 1.25. The van der Waals surface area contributed by atoms with E-state index in [1.165, 1.54) is 0 Å². The molecule has 0 aliphatic carbocycles. The number of likely N-dealkylation sites (tertiary alicyclic amines) is 1. The van der Waals surface area contributed by atoms with Crippen LogP contribution in [0.1, 0.15) is 56.8 Å². The van der Waals surface area contributed by atoms with Crippen LogP contribution in [0.25, 0.3) is 0 Å². The zero-order chi connectivity index (χ0) is 25.0. The minimum Gasteiger partial charge on any atom is -0.457 e. The number of nitrogens with one attached hydrogen (secondary N) is 2. The summed E-state index contributed by atoms with van der Waals surface area (Å²) in [6.45, 7) is 8.05. The Morgan fingerprint density at radius 3 is 2.34 bits per heavy atom. The highest BCUT2D eigenvalue weighted by atomic mass is 16.5. The van der Waals surface area contributed by atoms with E-state index < -0.39 is 5.54 Å². The Labute approximate surface area is 208 Å². The van der Waals surface area contributed by atoms with E-state index in [0.29, 0.717) is 49.2 Å². The summed E-state index contributed by atoms with van der Waals surface area (Å²) in [5, 5.41) is 11.4. The molecule has 0 radical (unpaired) electrons. The number of piperidine rings is 1. The Bertz CT molecular complexity index is 1050. The third-order valence-electron chi connectivity index (χ3n) is 6.94. The zero-order valence-electron chi connectivity index (χ0n) is 20.9. The average molecular weight is 477 g/mol. The van der Waals surface area contributed by atoms with Crippen LogP contribution in [0.4, 0.5) is 0 Å². The fraction of sp³-hybridized carbons (Fsp3) is 0.464. The molecule has 0 aromatic heterocycles. The van der Waals surface area contributed by atoms with Crippen LogP contribution in [-0.2, 0) is 4.79 Å². The second kappa shape index (κ2) is 10.5. The smallest absolute Gasteiger partial charge is 0.254 e. The molecule has 2 fully saturated rings. The van der Waals surface area contributed by atoms with Crippen LogP contribution in [-0.4, -0.2) is 52.7 Å². The summed E-state index contributed by atoms with van der Waals surface area (Å²) in [5.41, 5.74) is -0.0154. The summed E-state index contributed by atoms with van der Waals surface area (Å²) in [4.78, 5) is 29.4. The number of ether oxygens (including phenoxy) is 1. The van der Waals surface area contributed by atoms with E-state index in [2.05, 4.69) is 19.2 Å². The Kier molecular flexibility index (Phi) is 7.43. The average Bonchev–Trinajstić information content (AvgIpc) is 3.05. The van der Waals surface area contributed by atoms with Crippen molar-refractivity contribution in [3.8, 4) is 11.5 Å². The first-order valence-corrected chi connectivity index (χ1v) is 12.6. The maximum absolute atomic E-state index is 13.0. The topological polar surface area (TPSA) is 85.7 Å². The largest absolute Gasteiger partial charge is 0.457 e. The van der Waals surface area contributed by atoms with E-state index in [4.69, 9.17) is 10.1 Å². The molecule has 4 rings (SSSR count). The van der Waals surface area contributed by atoms with Crippen molar-refractivity contribution in [3.05, 3.63) is 60.2 Å². The molecule has 2 saturated heterocycles. The molecular weight excluding hydrogens is 440 g/mol. The highest BCUT2D eigenvalue weighted by molar-refractivity contribution is 6.07. The van der Waals surface area contributed by atoms with E-state index >= 15 is 0 Å². The minimum absolute atomic E-state index is 0.00324. The summed E-state index contributed by atoms with van der Waals surface area (Å²) < 4.78 is 5.82. The molecule has 2 aliphatic heterocycles. The van der Waals surface area contributed by atoms with E-state index in [1.54, 1.807) is 4.90 Å². The molecule has 0 bridgehead atoms. The van der Waals surface area contributed by atoms with Gasteiger partial charge in [0.05, 0.1) is 0 Å². The van der Waals surface area contributed by atoms with Crippen LogP contribution >= 0.6 is 0 Å². The second-order valence-corrected chi connectivity index (χ2v) is 10.3. The quantitative estimate of drug-likeness (QED) is 0.568. The van der Waals surface area contributed by atoms with Gasteiger partial charge in [-0.1, -0.05) is 32.0 Å². The predicted octanol–water partition coefficient (Wildman–Crippen LogP) is 4.89. The van der Waals surface area contributed by atoms with Gasteiger partial charge in [0.1, 0.15) is 17.0 Å². The third kappa shape index (κ3) is 5.84. The molecule has 1 atom stereocenters. The number of hydrogen-bond donors (Lipinski definition) is 2. The lowest BCUT2D eigenvalue weighted by Gasteiger charge is -2.33. The van der Waals surface area contributed by atoms with Crippen LogP contribution in [0.5, 0.6) is 11.5 Å². The molecule has 2 aliphatic rings. The van der Waals surface area contributed by atoms with E-state index in [-0.39, 0.29) is 17.8 Å². The highest BCUT2D eigenvalue weighted by Gasteiger charge is 2.45. The van der Waals surface area contributed by atoms with Gasteiger partial charge in [-0.15, -0.1) is 0 Å². The lowest BCUT2D eigenvalue weighted by molar-refractivity contribution is -0.131. The van der Waals surface area contributed by atoms with Crippen molar-refractivity contribution in [1.29, 1.82) is 5.41 Å². The number of nitrogens with zero attached hydrogens (tertiary/aromatic N) is 2. The fourth-order valence-corrected chi connectivity index (χ4v) is 5.16. The van der Waals surface area contributed by atoms with Crippen molar-refractivity contribution in [1.82, 2.24) is 15.1 Å². The number of hydrogen-bond acceptors (Lipinski definition) is 4. The van der Waals surface area contributed by atoms with Gasteiger partial charge in [-0.2, -0.15) is 0 Å². The van der Waals surface area contributed by atoms with Gasteiger partial charge in [0.25, 0.3) is 11.8 Å². The number of carbonyl (C=O) groups is 2. The van der Waals surface area contributed by atoms with Crippen molar-refractivity contribution in [2.45, 2.75) is 52.0 Å². The van der Waals surface area contributed by atoms with E-state index in [1.807, 2.05) is 66.4 Å². The molecule has 7 nitrogen and oxygen atoms in total. The normalized spacial score (nSPS) is 20.9. The number of amides is 2. The van der Waals surface area contributed by atoms with Crippen LogP contribution in [0, 0.1) is 17.2 Å². The fourth-order valence-electron chi connectivity index (χ4n) is 5.16. The van der Waals surface area contributed by atoms with Gasteiger partial charge in [-0.3, -0.25) is 19.9 Å². The Morgan fingerprint density at radius 1 is 1.09 bits per heavy atom. The number of benzene rings is 2. The van der Waals surface area contributed by atoms with Gasteiger partial charge in [-0.25, -0.2) is 0 Å². The van der Waals surface area contributed by atoms with E-state index in [9.17, 15) is 9.59 Å². The van der Waals surface area contributed by atoms with Crippen molar-refractivity contribution in [2.75, 3.05) is 19.6 Å². The molecule has 186 valence electrons. The summed E-state index contributed by atoms with van der Waals surface area (Å²) in [6.07, 6.45) is 3.38. The minimum atomic E-state index is -0.678. The third-order valence-corrected chi connectivity index (χ3v) is 6.94. The van der Waals surface area contributed by atoms with Gasteiger partial charge < -0.3 is 15.0 Å². The first-order chi connectivity index (χ1) is 16.7. The first-order valence-electron chi connectivity index (χ1n) is 12.6. The zero-order valence-corrected chi connectivity index (χ0v) is 20.9. The van der Waals surface area contributed by atoms with Crippen molar-refractivity contribution in [3.63, 3.8) is 0 Å². The Morgan fingerprint density at radius 2 is 1.71 bits per heavy atom. The van der Waals surface area contributed by atoms with Crippen molar-refractivity contribution in [2.24, 2.45) is 11.8 Å². The SMILES string of the molecule is CC(C)CC1(C)NC(=N)N(CCC2CCN(C(=O)c3ccc(Oc4ccccc4)cc3)CC2)C1=O. The molecular formula is C28H36N4O3. The van der Waals surface area contributed by atoms with Crippen molar-refractivity contribution < 1.29 is 14.3 Å². The molecule has 7 heteroatoms. The second-order valence-electron chi connectivity index (χ2n) is 10.3. The summed E-state index contributed by atoms with van der Waals surface area (Å²) in [5.74, 6) is 2.54. The van der Waals surface area contributed by atoms with Crippen LogP contribution in [0.15, 0.2) is 54.6 Å². The molecule has 2 aromatic carbocycles. The molecule has 35 heavy (non-hydrogen) atoms. The molecule has 2 amide bonds. The monoisotopic (exact) mass is 476 g/mol. The lowest BCUT2D eigenvalue weighted by atomic mass is 9.90. The molecule has 2 heterocycles. The number of carbonyl (C=O) groups excluding carboxylic acids is 2. The molecule has 1 unspecified atom stereocenters. The number of para-hydroxylation sites is 1. The lowest BCUT2D eigenvalue weighted by Crippen LogP contribution is -2.45. The van der Waals surface area contributed by atoms with Crippen molar-refractivity contribution >= 4 is 17.8 Å². The van der Waals surface area contributed by atoms with Gasteiger partial charge in [0.15, 0.2) is 5.96 Å². The maximum atomic E-state index is 13.0. The summed E-state index contributed by atoms with van der Waals surface area (Å²) >= 11 is 0. The van der Waals surface area contributed by atoms with Crippen LogP contribution in [0.3, 0.4) is 0 Å². The van der Waals surface area contributed by atoms with Gasteiger partial charge >= 0.3 is 0 Å². The predicted molar refractivity (Wildman–Crippen MR) is 137 cm³/mol. The summed E-state index contributed by atoms with van der Waals surface area (Å²) in [6, 6.07) is 16.9.